The van der Waals surface area contributed by atoms with Gasteiger partial charge in [0, 0.05) is 12.6 Å². The number of unbranched alkanes of at least 4 members (excludes halogenated alkanes) is 1. The summed E-state index contributed by atoms with van der Waals surface area (Å²) in [6.45, 7) is 0.541. The zero-order valence-electron chi connectivity index (χ0n) is 9.70. The maximum Gasteiger partial charge on any atom is 0.254 e. The van der Waals surface area contributed by atoms with E-state index in [4.69, 9.17) is 5.11 Å². The molecule has 2 N–H and O–H groups in total. The fourth-order valence-electron chi connectivity index (χ4n) is 1.36. The Morgan fingerprint density at radius 3 is 2.88 bits per heavy atom. The van der Waals surface area contributed by atoms with E-state index in [1.807, 2.05) is 6.26 Å². The van der Waals surface area contributed by atoms with Crippen molar-refractivity contribution in [3.8, 4) is 5.75 Å². The second-order valence-electron chi connectivity index (χ2n) is 3.62. The summed E-state index contributed by atoms with van der Waals surface area (Å²) in [6.07, 6.45) is 3.94. The van der Waals surface area contributed by atoms with Crippen molar-refractivity contribution in [3.63, 3.8) is 0 Å². The summed E-state index contributed by atoms with van der Waals surface area (Å²) in [6, 6.07) is 3.51. The monoisotopic (exact) mass is 257 g/mol. The lowest BCUT2D eigenvalue weighted by Crippen LogP contribution is -2.25. The molecule has 1 amide bonds. The minimum Gasteiger partial charge on any atom is -0.508 e. The largest absolute Gasteiger partial charge is 0.508 e. The second-order valence-corrected chi connectivity index (χ2v) is 4.61. The number of hydrogen-bond acceptors (Lipinski definition) is 3. The molecule has 0 aliphatic carbocycles. The van der Waals surface area contributed by atoms with Gasteiger partial charge in [-0.25, -0.2) is 4.39 Å². The lowest BCUT2D eigenvalue weighted by atomic mass is 10.2. The normalized spacial score (nSPS) is 10.2. The number of nitrogens with one attached hydrogen (secondary N) is 1. The van der Waals surface area contributed by atoms with Crippen molar-refractivity contribution in [1.29, 1.82) is 0 Å². The fraction of sp³-hybridized carbons (Fsp3) is 0.417. The number of amides is 1. The molecule has 0 spiro atoms. The average molecular weight is 257 g/mol. The molecule has 0 aliphatic rings. The van der Waals surface area contributed by atoms with E-state index >= 15 is 0 Å². The van der Waals surface area contributed by atoms with Crippen LogP contribution >= 0.6 is 11.8 Å². The van der Waals surface area contributed by atoms with E-state index in [2.05, 4.69) is 5.32 Å². The first-order chi connectivity index (χ1) is 8.15. The zero-order valence-corrected chi connectivity index (χ0v) is 10.5. The van der Waals surface area contributed by atoms with Crippen LogP contribution in [0.3, 0.4) is 0 Å². The maximum atomic E-state index is 13.3. The molecule has 0 aliphatic heterocycles. The number of phenols is 1. The standard InChI is InChI=1S/C12H16FNO2S/c1-17-7-3-2-6-14-12(16)10-5-4-9(15)8-11(10)13/h4-5,8,15H,2-3,6-7H2,1H3,(H,14,16). The van der Waals surface area contributed by atoms with Gasteiger partial charge in [0.2, 0.25) is 0 Å². The summed E-state index contributed by atoms with van der Waals surface area (Å²) in [4.78, 5) is 11.6. The molecule has 3 nitrogen and oxygen atoms in total. The average Bonchev–Trinajstić information content (AvgIpc) is 2.28. The van der Waals surface area contributed by atoms with E-state index in [1.54, 1.807) is 11.8 Å². The van der Waals surface area contributed by atoms with Gasteiger partial charge in [-0.15, -0.1) is 0 Å². The Balaban J connectivity index is 2.42. The van der Waals surface area contributed by atoms with Gasteiger partial charge in [0.05, 0.1) is 5.56 Å². The molecular weight excluding hydrogens is 241 g/mol. The smallest absolute Gasteiger partial charge is 0.254 e. The van der Waals surface area contributed by atoms with Crippen LogP contribution in [0.25, 0.3) is 0 Å². The first-order valence-corrected chi connectivity index (χ1v) is 6.80. The van der Waals surface area contributed by atoms with E-state index in [0.29, 0.717) is 6.54 Å². The van der Waals surface area contributed by atoms with Gasteiger partial charge >= 0.3 is 0 Å². The molecule has 1 rings (SSSR count). The van der Waals surface area contributed by atoms with Crippen LogP contribution in [0.1, 0.15) is 23.2 Å². The Morgan fingerprint density at radius 1 is 1.47 bits per heavy atom. The van der Waals surface area contributed by atoms with Crippen LogP contribution in [-0.2, 0) is 0 Å². The van der Waals surface area contributed by atoms with Gasteiger partial charge in [0.1, 0.15) is 11.6 Å². The molecule has 5 heteroatoms. The topological polar surface area (TPSA) is 49.3 Å². The van der Waals surface area contributed by atoms with E-state index in [-0.39, 0.29) is 11.3 Å². The molecule has 17 heavy (non-hydrogen) atoms. The minimum atomic E-state index is -0.702. The summed E-state index contributed by atoms with van der Waals surface area (Å²) in [5, 5.41) is 11.7. The van der Waals surface area contributed by atoms with Gasteiger partial charge in [0.15, 0.2) is 0 Å². The predicted molar refractivity (Wildman–Crippen MR) is 68.0 cm³/mol. The van der Waals surface area contributed by atoms with Gasteiger partial charge in [-0.1, -0.05) is 0 Å². The van der Waals surface area contributed by atoms with Gasteiger partial charge in [0.25, 0.3) is 5.91 Å². The highest BCUT2D eigenvalue weighted by atomic mass is 32.2. The highest BCUT2D eigenvalue weighted by Crippen LogP contribution is 2.14. The third-order valence-corrected chi connectivity index (χ3v) is 2.96. The van der Waals surface area contributed by atoms with Gasteiger partial charge in [-0.2, -0.15) is 11.8 Å². The van der Waals surface area contributed by atoms with Gasteiger partial charge in [-0.05, 0) is 37.0 Å². The molecule has 0 bridgehead atoms. The number of benzene rings is 1. The Hall–Kier alpha value is -1.23. The molecule has 0 fully saturated rings. The number of carbonyl (C=O) groups is 1. The van der Waals surface area contributed by atoms with E-state index in [1.165, 1.54) is 12.1 Å². The molecule has 0 heterocycles. The molecule has 0 aromatic heterocycles. The van der Waals surface area contributed by atoms with Crippen LogP contribution in [0.2, 0.25) is 0 Å². The Labute approximate surface area is 104 Å². The van der Waals surface area contributed by atoms with Crippen molar-refractivity contribution in [2.45, 2.75) is 12.8 Å². The number of carbonyl (C=O) groups excluding carboxylic acids is 1. The number of phenolic OH excluding ortho intramolecular Hbond substituents is 1. The van der Waals surface area contributed by atoms with Gasteiger partial charge < -0.3 is 10.4 Å². The molecule has 0 unspecified atom stereocenters. The Bertz CT molecular complexity index is 385. The minimum absolute atomic E-state index is 0.0346. The lowest BCUT2D eigenvalue weighted by Gasteiger charge is -2.06. The quantitative estimate of drug-likeness (QED) is 0.769. The number of rotatable bonds is 6. The third-order valence-electron chi connectivity index (χ3n) is 2.26. The summed E-state index contributed by atoms with van der Waals surface area (Å²) in [5.41, 5.74) is -0.0346. The Kier molecular flexibility index (Phi) is 5.83. The molecule has 1 aromatic rings. The van der Waals surface area contributed by atoms with Crippen LogP contribution in [0, 0.1) is 5.82 Å². The molecule has 0 saturated heterocycles. The van der Waals surface area contributed by atoms with Crippen molar-refractivity contribution in [3.05, 3.63) is 29.6 Å². The summed E-state index contributed by atoms with van der Waals surface area (Å²) in [5.74, 6) is -0.263. The highest BCUT2D eigenvalue weighted by Gasteiger charge is 2.11. The van der Waals surface area contributed by atoms with Crippen molar-refractivity contribution in [1.82, 2.24) is 5.32 Å². The number of halogens is 1. The van der Waals surface area contributed by atoms with Crippen molar-refractivity contribution < 1.29 is 14.3 Å². The summed E-state index contributed by atoms with van der Waals surface area (Å²) in [7, 11) is 0. The molecule has 0 saturated carbocycles. The van der Waals surface area contributed by atoms with Crippen molar-refractivity contribution >= 4 is 17.7 Å². The fourth-order valence-corrected chi connectivity index (χ4v) is 1.85. The second kappa shape index (κ2) is 7.17. The third kappa shape index (κ3) is 4.65. The molecule has 0 radical (unpaired) electrons. The first-order valence-electron chi connectivity index (χ1n) is 5.41. The van der Waals surface area contributed by atoms with E-state index < -0.39 is 11.7 Å². The van der Waals surface area contributed by atoms with Crippen LogP contribution < -0.4 is 5.32 Å². The van der Waals surface area contributed by atoms with Crippen molar-refractivity contribution in [2.24, 2.45) is 0 Å². The summed E-state index contributed by atoms with van der Waals surface area (Å²) >= 11 is 1.76. The van der Waals surface area contributed by atoms with Crippen molar-refractivity contribution in [2.75, 3.05) is 18.6 Å². The van der Waals surface area contributed by atoms with Gasteiger partial charge in [-0.3, -0.25) is 4.79 Å². The highest BCUT2D eigenvalue weighted by molar-refractivity contribution is 7.98. The van der Waals surface area contributed by atoms with E-state index in [0.717, 1.165) is 24.7 Å². The molecular formula is C12H16FNO2S. The molecule has 1 aromatic carbocycles. The molecule has 0 atom stereocenters. The van der Waals surface area contributed by atoms with Crippen LogP contribution in [0.4, 0.5) is 4.39 Å². The zero-order chi connectivity index (χ0) is 12.7. The first kappa shape index (κ1) is 13.8. The Morgan fingerprint density at radius 2 is 2.24 bits per heavy atom. The van der Waals surface area contributed by atoms with Crippen LogP contribution in [-0.4, -0.2) is 29.6 Å². The predicted octanol–water partition coefficient (Wildman–Crippen LogP) is 2.40. The van der Waals surface area contributed by atoms with Crippen LogP contribution in [0.5, 0.6) is 5.75 Å². The van der Waals surface area contributed by atoms with Crippen LogP contribution in [0.15, 0.2) is 18.2 Å². The molecule has 94 valence electrons. The number of aromatic hydroxyl groups is 1. The number of hydrogen-bond donors (Lipinski definition) is 2. The van der Waals surface area contributed by atoms with E-state index in [9.17, 15) is 9.18 Å². The SMILES string of the molecule is CSCCCCNC(=O)c1ccc(O)cc1F. The summed E-state index contributed by atoms with van der Waals surface area (Å²) < 4.78 is 13.3. The lowest BCUT2D eigenvalue weighted by molar-refractivity contribution is 0.0949. The maximum absolute atomic E-state index is 13.3. The number of thioether (sulfide) groups is 1.